The lowest BCUT2D eigenvalue weighted by atomic mass is 9.99. The van der Waals surface area contributed by atoms with Crippen molar-refractivity contribution in [3.8, 4) is 17.2 Å². The number of piperazine rings is 1. The van der Waals surface area contributed by atoms with Gasteiger partial charge in [0.25, 0.3) is 0 Å². The average Bonchev–Trinajstić information content (AvgIpc) is 3.07. The van der Waals surface area contributed by atoms with E-state index in [1.54, 1.807) is 21.3 Å². The maximum absolute atomic E-state index is 5.57. The second-order valence-corrected chi connectivity index (χ2v) is 7.06. The number of nitrogens with one attached hydrogen (secondary N) is 1. The number of aryl methyl sites for hydroxylation is 1. The van der Waals surface area contributed by atoms with Gasteiger partial charge in [-0.3, -0.25) is 4.90 Å². The number of hydrogen-bond donors (Lipinski definition) is 1. The quantitative estimate of drug-likeness (QED) is 0.855. The Balaban J connectivity index is 2.11. The number of hydrogen-bond acceptors (Lipinski definition) is 6. The van der Waals surface area contributed by atoms with Crippen molar-refractivity contribution in [2.24, 2.45) is 0 Å². The van der Waals surface area contributed by atoms with E-state index in [1.807, 2.05) is 11.3 Å². The number of nitrogens with zero attached hydrogens (tertiary/aromatic N) is 1. The van der Waals surface area contributed by atoms with E-state index >= 15 is 0 Å². The van der Waals surface area contributed by atoms with Gasteiger partial charge in [0.05, 0.1) is 27.4 Å². The highest BCUT2D eigenvalue weighted by Crippen LogP contribution is 2.43. The summed E-state index contributed by atoms with van der Waals surface area (Å²) in [7, 11) is 4.96. The van der Waals surface area contributed by atoms with Crippen molar-refractivity contribution >= 4 is 11.3 Å². The summed E-state index contributed by atoms with van der Waals surface area (Å²) in [6.07, 6.45) is 0. The molecule has 3 rings (SSSR count). The first-order valence-corrected chi connectivity index (χ1v) is 9.36. The number of ether oxygens (including phenoxy) is 3. The third kappa shape index (κ3) is 3.61. The Hall–Kier alpha value is -1.76. The van der Waals surface area contributed by atoms with Gasteiger partial charge in [0.2, 0.25) is 5.75 Å². The molecule has 2 heterocycles. The van der Waals surface area contributed by atoms with Gasteiger partial charge >= 0.3 is 0 Å². The van der Waals surface area contributed by atoms with Gasteiger partial charge in [-0.1, -0.05) is 0 Å². The smallest absolute Gasteiger partial charge is 0.203 e. The molecule has 1 fully saturated rings. The zero-order valence-electron chi connectivity index (χ0n) is 15.3. The first kappa shape index (κ1) is 18.0. The van der Waals surface area contributed by atoms with E-state index in [0.29, 0.717) is 17.2 Å². The lowest BCUT2D eigenvalue weighted by Gasteiger charge is -2.35. The molecule has 0 spiro atoms. The van der Waals surface area contributed by atoms with Gasteiger partial charge in [0.1, 0.15) is 0 Å². The third-order valence-electron chi connectivity index (χ3n) is 4.67. The number of benzene rings is 1. The second-order valence-electron chi connectivity index (χ2n) is 6.12. The second kappa shape index (κ2) is 8.08. The highest BCUT2D eigenvalue weighted by Gasteiger charge is 2.28. The van der Waals surface area contributed by atoms with Gasteiger partial charge in [-0.15, -0.1) is 11.3 Å². The molecule has 136 valence electrons. The van der Waals surface area contributed by atoms with E-state index in [2.05, 4.69) is 40.7 Å². The molecule has 1 N–H and O–H groups in total. The van der Waals surface area contributed by atoms with Gasteiger partial charge in [0.15, 0.2) is 11.5 Å². The van der Waals surface area contributed by atoms with Crippen molar-refractivity contribution in [3.05, 3.63) is 39.6 Å². The van der Waals surface area contributed by atoms with E-state index in [9.17, 15) is 0 Å². The summed E-state index contributed by atoms with van der Waals surface area (Å²) in [5, 5.41) is 5.60. The van der Waals surface area contributed by atoms with Crippen LogP contribution in [0.5, 0.6) is 17.2 Å². The van der Waals surface area contributed by atoms with E-state index in [1.165, 1.54) is 16.0 Å². The van der Waals surface area contributed by atoms with Crippen LogP contribution < -0.4 is 19.5 Å². The molecule has 1 aliphatic rings. The highest BCUT2D eigenvalue weighted by molar-refractivity contribution is 7.10. The minimum atomic E-state index is 0.191. The van der Waals surface area contributed by atoms with Gasteiger partial charge < -0.3 is 19.5 Å². The molecule has 25 heavy (non-hydrogen) atoms. The zero-order valence-corrected chi connectivity index (χ0v) is 16.1. The Labute approximate surface area is 153 Å². The molecule has 0 radical (unpaired) electrons. The maximum Gasteiger partial charge on any atom is 0.203 e. The normalized spacial score (nSPS) is 16.5. The van der Waals surface area contributed by atoms with Crippen molar-refractivity contribution in [1.29, 1.82) is 0 Å². The van der Waals surface area contributed by atoms with Crippen molar-refractivity contribution in [3.63, 3.8) is 0 Å². The molecular formula is C19H26N2O3S. The molecule has 0 aliphatic carbocycles. The molecule has 1 unspecified atom stereocenters. The van der Waals surface area contributed by atoms with Crippen molar-refractivity contribution < 1.29 is 14.2 Å². The van der Waals surface area contributed by atoms with Crippen LogP contribution in [0.3, 0.4) is 0 Å². The fraction of sp³-hybridized carbons (Fsp3) is 0.474. The number of methoxy groups -OCH3 is 3. The van der Waals surface area contributed by atoms with Gasteiger partial charge in [0, 0.05) is 31.1 Å². The Morgan fingerprint density at radius 3 is 2.16 bits per heavy atom. The minimum absolute atomic E-state index is 0.191. The first-order chi connectivity index (χ1) is 12.2. The Kier molecular flexibility index (Phi) is 5.83. The molecule has 5 nitrogen and oxygen atoms in total. The van der Waals surface area contributed by atoms with Crippen LogP contribution in [0.4, 0.5) is 0 Å². The summed E-state index contributed by atoms with van der Waals surface area (Å²) in [6, 6.07) is 6.53. The summed E-state index contributed by atoms with van der Waals surface area (Å²) >= 11 is 1.81. The van der Waals surface area contributed by atoms with Crippen LogP contribution in [0.2, 0.25) is 0 Å². The lowest BCUT2D eigenvalue weighted by Crippen LogP contribution is -2.45. The van der Waals surface area contributed by atoms with Crippen molar-refractivity contribution in [1.82, 2.24) is 10.2 Å². The topological polar surface area (TPSA) is 43.0 Å². The van der Waals surface area contributed by atoms with Crippen LogP contribution in [-0.4, -0.2) is 52.4 Å². The van der Waals surface area contributed by atoms with Gasteiger partial charge in [-0.2, -0.15) is 0 Å². The average molecular weight is 362 g/mol. The Morgan fingerprint density at radius 2 is 1.68 bits per heavy atom. The van der Waals surface area contributed by atoms with Crippen molar-refractivity contribution in [2.45, 2.75) is 13.0 Å². The largest absolute Gasteiger partial charge is 0.493 e. The predicted molar refractivity (Wildman–Crippen MR) is 101 cm³/mol. The summed E-state index contributed by atoms with van der Waals surface area (Å²) in [5.74, 6) is 2.04. The van der Waals surface area contributed by atoms with Gasteiger partial charge in [-0.25, -0.2) is 0 Å². The van der Waals surface area contributed by atoms with E-state index in [4.69, 9.17) is 14.2 Å². The number of thiophene rings is 1. The van der Waals surface area contributed by atoms with E-state index in [0.717, 1.165) is 26.2 Å². The molecule has 1 saturated heterocycles. The Bertz CT molecular complexity index is 685. The molecule has 6 heteroatoms. The third-order valence-corrected chi connectivity index (χ3v) is 5.74. The Morgan fingerprint density at radius 1 is 1.04 bits per heavy atom. The SMILES string of the molecule is COc1cc(C(c2sccc2C)N2CCNCC2)cc(OC)c1OC. The van der Waals surface area contributed by atoms with Crippen LogP contribution in [0.1, 0.15) is 22.0 Å². The highest BCUT2D eigenvalue weighted by atomic mass is 32.1. The van der Waals surface area contributed by atoms with Crippen LogP contribution in [0, 0.1) is 6.92 Å². The fourth-order valence-corrected chi connectivity index (χ4v) is 4.48. The molecule has 1 aromatic carbocycles. The van der Waals surface area contributed by atoms with E-state index in [-0.39, 0.29) is 6.04 Å². The number of rotatable bonds is 6. The summed E-state index contributed by atoms with van der Waals surface area (Å²) in [4.78, 5) is 3.90. The summed E-state index contributed by atoms with van der Waals surface area (Å²) < 4.78 is 16.6. The van der Waals surface area contributed by atoms with Crippen LogP contribution in [-0.2, 0) is 0 Å². The van der Waals surface area contributed by atoms with Crippen LogP contribution in [0.15, 0.2) is 23.6 Å². The zero-order chi connectivity index (χ0) is 17.8. The molecule has 1 atom stereocenters. The molecule has 2 aromatic rings. The maximum atomic E-state index is 5.57. The fourth-order valence-electron chi connectivity index (χ4n) is 3.39. The molecular weight excluding hydrogens is 336 g/mol. The molecule has 0 amide bonds. The van der Waals surface area contributed by atoms with Crippen LogP contribution >= 0.6 is 11.3 Å². The summed E-state index contributed by atoms with van der Waals surface area (Å²) in [5.41, 5.74) is 2.49. The monoisotopic (exact) mass is 362 g/mol. The van der Waals surface area contributed by atoms with E-state index < -0.39 is 0 Å². The van der Waals surface area contributed by atoms with Gasteiger partial charge in [-0.05, 0) is 41.6 Å². The standard InChI is InChI=1S/C19H26N2O3S/c1-13-5-10-25-19(13)17(21-8-6-20-7-9-21)14-11-15(22-2)18(24-4)16(12-14)23-3/h5,10-12,17,20H,6-9H2,1-4H3. The first-order valence-electron chi connectivity index (χ1n) is 8.48. The molecule has 0 saturated carbocycles. The summed E-state index contributed by atoms with van der Waals surface area (Å²) in [6.45, 7) is 6.22. The van der Waals surface area contributed by atoms with Crippen LogP contribution in [0.25, 0.3) is 0 Å². The molecule has 0 bridgehead atoms. The van der Waals surface area contributed by atoms with Crippen molar-refractivity contribution in [2.75, 3.05) is 47.5 Å². The molecule has 1 aromatic heterocycles. The molecule has 1 aliphatic heterocycles. The predicted octanol–water partition coefficient (Wildman–Crippen LogP) is 3.08. The minimum Gasteiger partial charge on any atom is -0.493 e. The lowest BCUT2D eigenvalue weighted by molar-refractivity contribution is 0.199.